The van der Waals surface area contributed by atoms with Crippen LogP contribution in [0.2, 0.25) is 0 Å². The number of hydrazine groups is 1. The van der Waals surface area contributed by atoms with E-state index < -0.39 is 33.2 Å². The van der Waals surface area contributed by atoms with E-state index in [-0.39, 0.29) is 17.8 Å². The maximum atomic E-state index is 13.5. The molecule has 0 aromatic heterocycles. The third kappa shape index (κ3) is 9.10. The molecule has 2 amide bonds. The molecular formula is C23H37N3O5S. The summed E-state index contributed by atoms with van der Waals surface area (Å²) in [5.41, 5.74) is 3.30. The fraction of sp³-hybridized carbons (Fsp3) is 0.565. The van der Waals surface area contributed by atoms with Gasteiger partial charge in [0.1, 0.15) is 0 Å². The van der Waals surface area contributed by atoms with Crippen LogP contribution in [0.25, 0.3) is 6.08 Å². The average Bonchev–Trinajstić information content (AvgIpc) is 2.67. The van der Waals surface area contributed by atoms with Gasteiger partial charge in [0, 0.05) is 0 Å². The summed E-state index contributed by atoms with van der Waals surface area (Å²) in [6, 6.07) is 9.51. The van der Waals surface area contributed by atoms with Crippen molar-refractivity contribution in [2.24, 2.45) is 22.7 Å². The smallest absolute Gasteiger partial charge is 0.247 e. The summed E-state index contributed by atoms with van der Waals surface area (Å²) in [5, 5.41) is 9.49. The number of carbonyl (C=O) groups excluding carboxylic acids is 2. The first-order valence-electron chi connectivity index (χ1n) is 10.6. The van der Waals surface area contributed by atoms with Gasteiger partial charge in [-0.05, 0) is 36.2 Å². The zero-order chi connectivity index (χ0) is 24.6. The Hall–Kier alpha value is -2.23. The Morgan fingerprint density at radius 2 is 1.72 bits per heavy atom. The normalized spacial score (nSPS) is 15.4. The molecule has 2 atom stereocenters. The second-order valence-electron chi connectivity index (χ2n) is 9.90. The van der Waals surface area contributed by atoms with Crippen molar-refractivity contribution < 1.29 is 23.2 Å². The number of rotatable bonds is 11. The van der Waals surface area contributed by atoms with Crippen LogP contribution in [0.5, 0.6) is 0 Å². The van der Waals surface area contributed by atoms with Crippen molar-refractivity contribution >= 4 is 27.9 Å². The van der Waals surface area contributed by atoms with Crippen LogP contribution in [0.4, 0.5) is 0 Å². The Kier molecular flexibility index (Phi) is 10.1. The largest absolute Gasteiger partial charge is 0.289 e. The number of hydroxylamine groups is 1. The molecule has 4 N–H and O–H groups in total. The van der Waals surface area contributed by atoms with Crippen molar-refractivity contribution in [3.05, 3.63) is 42.0 Å². The first-order chi connectivity index (χ1) is 14.7. The van der Waals surface area contributed by atoms with Crippen LogP contribution in [-0.4, -0.2) is 31.7 Å². The highest BCUT2D eigenvalue weighted by Crippen LogP contribution is 2.46. The highest BCUT2D eigenvalue weighted by atomic mass is 32.2. The predicted molar refractivity (Wildman–Crippen MR) is 126 cm³/mol. The van der Waals surface area contributed by atoms with Gasteiger partial charge in [0.2, 0.25) is 21.8 Å². The molecule has 0 saturated heterocycles. The minimum absolute atomic E-state index is 0.0217. The predicted octanol–water partition coefficient (Wildman–Crippen LogP) is 3.26. The second kappa shape index (κ2) is 11.6. The van der Waals surface area contributed by atoms with Gasteiger partial charge in [0.15, 0.2) is 0 Å². The Morgan fingerprint density at radius 1 is 1.12 bits per heavy atom. The Morgan fingerprint density at radius 3 is 2.19 bits per heavy atom. The van der Waals surface area contributed by atoms with E-state index in [1.807, 2.05) is 75.9 Å². The SMILES string of the molecule is CC(C)C[C@@](CC(C)(C)C)(C(=O)NNS(C)(=O)=O)[C@H](CC=Cc1ccccc1)C(=O)NO. The number of amides is 2. The molecule has 0 saturated carbocycles. The highest BCUT2D eigenvalue weighted by Gasteiger charge is 2.50. The molecular weight excluding hydrogens is 430 g/mol. The van der Waals surface area contributed by atoms with Gasteiger partial charge in [0.05, 0.1) is 17.6 Å². The lowest BCUT2D eigenvalue weighted by molar-refractivity contribution is -0.150. The maximum Gasteiger partial charge on any atom is 0.247 e. The molecule has 0 aliphatic rings. The van der Waals surface area contributed by atoms with Crippen LogP contribution in [0.3, 0.4) is 0 Å². The van der Waals surface area contributed by atoms with Gasteiger partial charge in [-0.15, -0.1) is 4.83 Å². The molecule has 9 heteroatoms. The number of carbonyl (C=O) groups is 2. The number of hydrogen-bond acceptors (Lipinski definition) is 5. The van der Waals surface area contributed by atoms with Crippen LogP contribution in [0.15, 0.2) is 36.4 Å². The van der Waals surface area contributed by atoms with Crippen LogP contribution in [-0.2, 0) is 19.6 Å². The number of nitrogens with one attached hydrogen (secondary N) is 3. The quantitative estimate of drug-likeness (QED) is 0.294. The molecule has 0 aliphatic carbocycles. The van der Waals surface area contributed by atoms with Gasteiger partial charge in [-0.1, -0.05) is 77.1 Å². The first-order valence-corrected chi connectivity index (χ1v) is 12.5. The van der Waals surface area contributed by atoms with Gasteiger partial charge >= 0.3 is 0 Å². The van der Waals surface area contributed by atoms with E-state index in [0.29, 0.717) is 12.8 Å². The summed E-state index contributed by atoms with van der Waals surface area (Å²) in [6.45, 7) is 9.72. The van der Waals surface area contributed by atoms with Crippen molar-refractivity contribution in [3.63, 3.8) is 0 Å². The maximum absolute atomic E-state index is 13.5. The highest BCUT2D eigenvalue weighted by molar-refractivity contribution is 7.88. The van der Waals surface area contributed by atoms with Gasteiger partial charge in [0.25, 0.3) is 0 Å². The lowest BCUT2D eigenvalue weighted by Gasteiger charge is -2.43. The van der Waals surface area contributed by atoms with Gasteiger partial charge in [-0.25, -0.2) is 13.9 Å². The lowest BCUT2D eigenvalue weighted by atomic mass is 9.61. The molecule has 0 spiro atoms. The Bertz CT molecular complexity index is 892. The van der Waals surface area contributed by atoms with Crippen molar-refractivity contribution in [2.45, 2.75) is 53.9 Å². The molecule has 1 aromatic rings. The number of hydrogen-bond donors (Lipinski definition) is 4. The molecule has 0 unspecified atom stereocenters. The second-order valence-corrected chi connectivity index (χ2v) is 11.6. The third-order valence-corrected chi connectivity index (χ3v) is 5.47. The molecule has 0 bridgehead atoms. The molecule has 0 aliphatic heterocycles. The molecule has 32 heavy (non-hydrogen) atoms. The number of benzene rings is 1. The molecule has 1 rings (SSSR count). The zero-order valence-corrected chi connectivity index (χ0v) is 20.6. The van der Waals surface area contributed by atoms with E-state index in [1.165, 1.54) is 0 Å². The minimum Gasteiger partial charge on any atom is -0.289 e. The summed E-state index contributed by atoms with van der Waals surface area (Å²) in [5.74, 6) is -2.21. The van der Waals surface area contributed by atoms with E-state index in [1.54, 1.807) is 11.6 Å². The third-order valence-electron chi connectivity index (χ3n) is 5.00. The van der Waals surface area contributed by atoms with Crippen molar-refractivity contribution in [1.29, 1.82) is 0 Å². The first kappa shape index (κ1) is 27.8. The van der Waals surface area contributed by atoms with Gasteiger partial charge < -0.3 is 0 Å². The standard InChI is InChI=1S/C23H37N3O5S/c1-17(2)15-23(16-22(3,4)5,21(28)24-26-32(6,30)31)19(20(27)25-29)14-10-13-18-11-8-7-9-12-18/h7-13,17,19,26,29H,14-16H2,1-6H3,(H,24,28)(H,25,27)/t19-,23+/m1/s1. The van der Waals surface area contributed by atoms with Crippen LogP contribution in [0.1, 0.15) is 59.4 Å². The summed E-state index contributed by atoms with van der Waals surface area (Å²) in [4.78, 5) is 28.4. The molecule has 0 fully saturated rings. The van der Waals surface area contributed by atoms with E-state index in [0.717, 1.165) is 11.8 Å². The zero-order valence-electron chi connectivity index (χ0n) is 19.8. The van der Waals surface area contributed by atoms with E-state index in [2.05, 4.69) is 5.43 Å². The average molecular weight is 468 g/mol. The summed E-state index contributed by atoms with van der Waals surface area (Å²) >= 11 is 0. The van der Waals surface area contributed by atoms with Crippen LogP contribution < -0.4 is 15.7 Å². The summed E-state index contributed by atoms with van der Waals surface area (Å²) < 4.78 is 23.2. The van der Waals surface area contributed by atoms with Crippen molar-refractivity contribution in [3.8, 4) is 0 Å². The minimum atomic E-state index is -3.70. The Balaban J connectivity index is 3.49. The van der Waals surface area contributed by atoms with Crippen molar-refractivity contribution in [1.82, 2.24) is 15.7 Å². The van der Waals surface area contributed by atoms with E-state index in [9.17, 15) is 23.2 Å². The van der Waals surface area contributed by atoms with Crippen LogP contribution >= 0.6 is 0 Å². The Labute approximate surface area is 191 Å². The molecule has 1 aromatic carbocycles. The molecule has 180 valence electrons. The number of allylic oxidation sites excluding steroid dienone is 1. The van der Waals surface area contributed by atoms with E-state index in [4.69, 9.17) is 0 Å². The van der Waals surface area contributed by atoms with E-state index >= 15 is 0 Å². The molecule has 0 heterocycles. The molecule has 0 radical (unpaired) electrons. The fourth-order valence-electron chi connectivity index (χ4n) is 4.17. The lowest BCUT2D eigenvalue weighted by Crippen LogP contribution is -2.56. The topological polar surface area (TPSA) is 125 Å². The van der Waals surface area contributed by atoms with Gasteiger partial charge in [-0.3, -0.25) is 20.2 Å². The van der Waals surface area contributed by atoms with Gasteiger partial charge in [-0.2, -0.15) is 0 Å². The number of sulfonamides is 1. The summed E-state index contributed by atoms with van der Waals surface area (Å²) in [6.07, 6.45) is 5.37. The van der Waals surface area contributed by atoms with Crippen molar-refractivity contribution in [2.75, 3.05) is 6.26 Å². The van der Waals surface area contributed by atoms with Crippen LogP contribution in [0, 0.1) is 22.7 Å². The summed E-state index contributed by atoms with van der Waals surface area (Å²) in [7, 11) is -3.70. The monoisotopic (exact) mass is 467 g/mol. The fourth-order valence-corrected chi connectivity index (χ4v) is 4.45. The molecule has 8 nitrogen and oxygen atoms in total.